The zero-order valence-corrected chi connectivity index (χ0v) is 15.0. The van der Waals surface area contributed by atoms with Crippen LogP contribution in [0.25, 0.3) is 0 Å². The minimum absolute atomic E-state index is 0.0581. The molecule has 0 spiro atoms. The smallest absolute Gasteiger partial charge is 0.329 e. The van der Waals surface area contributed by atoms with Crippen molar-refractivity contribution in [3.8, 4) is 0 Å². The monoisotopic (exact) mass is 378 g/mol. The van der Waals surface area contributed by atoms with Crippen molar-refractivity contribution >= 4 is 35.0 Å². The number of ether oxygens (including phenoxy) is 1. The van der Waals surface area contributed by atoms with Crippen molar-refractivity contribution < 1.29 is 28.3 Å². The maximum atomic E-state index is 12.2. The molecule has 2 rings (SSSR count). The van der Waals surface area contributed by atoms with Crippen LogP contribution < -0.4 is 10.6 Å². The van der Waals surface area contributed by atoms with Crippen LogP contribution in [-0.2, 0) is 14.3 Å². The summed E-state index contributed by atoms with van der Waals surface area (Å²) in [5.41, 5.74) is 0. The molecule has 26 heavy (non-hydrogen) atoms. The molecule has 2 aromatic rings. The zero-order valence-electron chi connectivity index (χ0n) is 14.2. The first-order chi connectivity index (χ1) is 12.4. The Morgan fingerprint density at radius 3 is 2.50 bits per heavy atom. The van der Waals surface area contributed by atoms with Crippen molar-refractivity contribution in [3.63, 3.8) is 0 Å². The van der Waals surface area contributed by atoms with E-state index < -0.39 is 36.3 Å². The van der Waals surface area contributed by atoms with Crippen molar-refractivity contribution in [2.45, 2.75) is 19.9 Å². The Labute approximate surface area is 153 Å². The van der Waals surface area contributed by atoms with Crippen LogP contribution in [0.4, 0.5) is 0 Å². The average molecular weight is 378 g/mol. The number of imide groups is 1. The number of rotatable bonds is 7. The van der Waals surface area contributed by atoms with Gasteiger partial charge >= 0.3 is 5.97 Å². The average Bonchev–Trinajstić information content (AvgIpc) is 3.30. The number of esters is 1. The molecule has 138 valence electrons. The fourth-order valence-electron chi connectivity index (χ4n) is 1.98. The van der Waals surface area contributed by atoms with Crippen LogP contribution in [0, 0.1) is 5.92 Å². The van der Waals surface area contributed by atoms with Gasteiger partial charge in [-0.2, -0.15) is 0 Å². The highest BCUT2D eigenvalue weighted by atomic mass is 32.1. The molecule has 0 radical (unpaired) electrons. The van der Waals surface area contributed by atoms with Crippen molar-refractivity contribution in [2.24, 2.45) is 5.92 Å². The van der Waals surface area contributed by atoms with Crippen LogP contribution in [-0.4, -0.2) is 36.3 Å². The van der Waals surface area contributed by atoms with Gasteiger partial charge in [0, 0.05) is 0 Å². The Morgan fingerprint density at radius 2 is 1.92 bits per heavy atom. The molecule has 0 bridgehead atoms. The number of carbonyl (C=O) groups is 4. The first-order valence-corrected chi connectivity index (χ1v) is 8.65. The first-order valence-electron chi connectivity index (χ1n) is 7.77. The van der Waals surface area contributed by atoms with Crippen LogP contribution in [0.5, 0.6) is 0 Å². The van der Waals surface area contributed by atoms with Crippen LogP contribution in [0.15, 0.2) is 40.3 Å². The maximum absolute atomic E-state index is 12.2. The second-order valence-corrected chi connectivity index (χ2v) is 6.58. The molecule has 1 atom stereocenters. The highest BCUT2D eigenvalue weighted by Crippen LogP contribution is 2.09. The lowest BCUT2D eigenvalue weighted by atomic mass is 10.0. The topological polar surface area (TPSA) is 115 Å². The molecule has 0 saturated carbocycles. The van der Waals surface area contributed by atoms with E-state index in [1.807, 2.05) is 0 Å². The molecule has 2 aromatic heterocycles. The van der Waals surface area contributed by atoms with Gasteiger partial charge in [-0.3, -0.25) is 19.7 Å². The second kappa shape index (κ2) is 8.95. The number of furan rings is 1. The summed E-state index contributed by atoms with van der Waals surface area (Å²) in [5.74, 6) is -2.88. The third-order valence-corrected chi connectivity index (χ3v) is 4.16. The summed E-state index contributed by atoms with van der Waals surface area (Å²) in [7, 11) is 0. The summed E-state index contributed by atoms with van der Waals surface area (Å²) in [4.78, 5) is 48.1. The van der Waals surface area contributed by atoms with Gasteiger partial charge in [-0.15, -0.1) is 11.3 Å². The molecule has 0 fully saturated rings. The molecule has 3 amide bonds. The highest BCUT2D eigenvalue weighted by molar-refractivity contribution is 7.12. The number of amides is 3. The van der Waals surface area contributed by atoms with Gasteiger partial charge in [-0.25, -0.2) is 4.79 Å². The molecule has 0 aliphatic carbocycles. The summed E-state index contributed by atoms with van der Waals surface area (Å²) in [6.45, 7) is 2.80. The Hall–Kier alpha value is -2.94. The molecule has 9 heteroatoms. The van der Waals surface area contributed by atoms with E-state index in [0.717, 1.165) is 0 Å². The van der Waals surface area contributed by atoms with E-state index in [-0.39, 0.29) is 11.7 Å². The molecule has 0 saturated heterocycles. The molecule has 2 N–H and O–H groups in total. The van der Waals surface area contributed by atoms with Crippen molar-refractivity contribution in [1.29, 1.82) is 0 Å². The van der Waals surface area contributed by atoms with Gasteiger partial charge in [-0.1, -0.05) is 19.9 Å². The minimum atomic E-state index is -0.964. The number of hydrogen-bond acceptors (Lipinski definition) is 7. The van der Waals surface area contributed by atoms with Crippen molar-refractivity contribution in [2.75, 3.05) is 6.61 Å². The van der Waals surface area contributed by atoms with E-state index in [1.54, 1.807) is 37.4 Å². The summed E-state index contributed by atoms with van der Waals surface area (Å²) in [6.07, 6.45) is 1.34. The number of thiophene rings is 1. The Bertz CT molecular complexity index is 767. The van der Waals surface area contributed by atoms with Gasteiger partial charge in [0.25, 0.3) is 17.7 Å². The summed E-state index contributed by atoms with van der Waals surface area (Å²) < 4.78 is 9.89. The lowest BCUT2D eigenvalue weighted by Crippen LogP contribution is -2.46. The minimum Gasteiger partial charge on any atom is -0.459 e. The van der Waals surface area contributed by atoms with E-state index >= 15 is 0 Å². The van der Waals surface area contributed by atoms with Crippen LogP contribution >= 0.6 is 11.3 Å². The van der Waals surface area contributed by atoms with E-state index in [4.69, 9.17) is 9.15 Å². The fraction of sp³-hybridized carbons (Fsp3) is 0.294. The lowest BCUT2D eigenvalue weighted by molar-refractivity contribution is -0.151. The Balaban J connectivity index is 1.86. The standard InChI is InChI=1S/C17H18N2O6S/c1-10(2)14(19-15(21)11-5-3-7-24-11)17(23)25-9-13(20)18-16(22)12-6-4-8-26-12/h3-8,10,14H,9H2,1-2H3,(H,19,21)(H,18,20,22)/t14-/m0/s1. The first kappa shape index (κ1) is 19.4. The predicted molar refractivity (Wildman–Crippen MR) is 92.6 cm³/mol. The molecule has 0 aliphatic heterocycles. The van der Waals surface area contributed by atoms with Gasteiger partial charge in [0.1, 0.15) is 6.04 Å². The van der Waals surface area contributed by atoms with Gasteiger partial charge in [0.2, 0.25) is 0 Å². The second-order valence-electron chi connectivity index (χ2n) is 5.63. The Kier molecular flexibility index (Phi) is 6.67. The van der Waals surface area contributed by atoms with Crippen molar-refractivity contribution in [1.82, 2.24) is 10.6 Å². The predicted octanol–water partition coefficient (Wildman–Crippen LogP) is 1.60. The molecular weight excluding hydrogens is 360 g/mol. The van der Waals surface area contributed by atoms with Crippen LogP contribution in [0.3, 0.4) is 0 Å². The summed E-state index contributed by atoms with van der Waals surface area (Å²) in [6, 6.07) is 5.29. The lowest BCUT2D eigenvalue weighted by Gasteiger charge is -2.20. The highest BCUT2D eigenvalue weighted by Gasteiger charge is 2.27. The SMILES string of the molecule is CC(C)[C@H](NC(=O)c1ccco1)C(=O)OCC(=O)NC(=O)c1cccs1. The third-order valence-electron chi connectivity index (χ3n) is 3.30. The number of hydrogen-bond donors (Lipinski definition) is 2. The molecule has 0 aromatic carbocycles. The van der Waals surface area contributed by atoms with Crippen LogP contribution in [0.1, 0.15) is 34.1 Å². The normalized spacial score (nSPS) is 11.7. The van der Waals surface area contributed by atoms with Gasteiger partial charge in [-0.05, 0) is 29.5 Å². The Morgan fingerprint density at radius 1 is 1.15 bits per heavy atom. The zero-order chi connectivity index (χ0) is 19.1. The molecule has 0 aliphatic rings. The van der Waals surface area contributed by atoms with Crippen molar-refractivity contribution in [3.05, 3.63) is 46.5 Å². The fourth-order valence-corrected chi connectivity index (χ4v) is 2.60. The molecule has 2 heterocycles. The van der Waals surface area contributed by atoms with Gasteiger partial charge in [0.05, 0.1) is 11.1 Å². The van der Waals surface area contributed by atoms with E-state index in [1.165, 1.54) is 23.7 Å². The third kappa shape index (κ3) is 5.28. The summed E-state index contributed by atoms with van der Waals surface area (Å²) in [5, 5.41) is 6.33. The molecule has 0 unspecified atom stereocenters. The van der Waals surface area contributed by atoms with Gasteiger partial charge < -0.3 is 14.5 Å². The number of nitrogens with one attached hydrogen (secondary N) is 2. The van der Waals surface area contributed by atoms with E-state index in [2.05, 4.69) is 10.6 Å². The molecule has 8 nitrogen and oxygen atoms in total. The maximum Gasteiger partial charge on any atom is 0.329 e. The number of carbonyl (C=O) groups excluding carboxylic acids is 4. The largest absolute Gasteiger partial charge is 0.459 e. The van der Waals surface area contributed by atoms with E-state index in [0.29, 0.717) is 4.88 Å². The summed E-state index contributed by atoms with van der Waals surface area (Å²) >= 11 is 1.18. The van der Waals surface area contributed by atoms with Crippen LogP contribution in [0.2, 0.25) is 0 Å². The molecular formula is C17H18N2O6S. The quantitative estimate of drug-likeness (QED) is 0.707. The van der Waals surface area contributed by atoms with E-state index in [9.17, 15) is 19.2 Å². The van der Waals surface area contributed by atoms with Gasteiger partial charge in [0.15, 0.2) is 12.4 Å².